The smallest absolute Gasteiger partial charge is 0.216 e. The summed E-state index contributed by atoms with van der Waals surface area (Å²) in [6, 6.07) is 8.07. The van der Waals surface area contributed by atoms with Crippen LogP contribution in [0.15, 0.2) is 24.3 Å². The molecule has 23 heavy (non-hydrogen) atoms. The van der Waals surface area contributed by atoms with Crippen molar-refractivity contribution in [2.24, 2.45) is 0 Å². The first-order valence-electron chi connectivity index (χ1n) is 7.87. The summed E-state index contributed by atoms with van der Waals surface area (Å²) in [5, 5.41) is 0. The molecule has 1 saturated heterocycles. The van der Waals surface area contributed by atoms with E-state index in [1.807, 2.05) is 18.2 Å². The summed E-state index contributed by atoms with van der Waals surface area (Å²) in [5.41, 5.74) is 1.24. The van der Waals surface area contributed by atoms with Crippen LogP contribution in [0.5, 0.6) is 5.75 Å². The van der Waals surface area contributed by atoms with Crippen molar-refractivity contribution in [1.29, 1.82) is 0 Å². The van der Waals surface area contributed by atoms with E-state index in [9.17, 15) is 8.42 Å². The fraction of sp³-hybridized carbons (Fsp3) is 0.625. The standard InChI is InChI=1S/C16H26N2O4S/c1-21-12-13-23(19,20)18-10-8-17(9-11-18)7-6-15-4-3-5-16(14-15)22-2/h3-5,14H,6-13H2,1-2H3. The van der Waals surface area contributed by atoms with E-state index < -0.39 is 10.0 Å². The van der Waals surface area contributed by atoms with Gasteiger partial charge in [-0.2, -0.15) is 4.31 Å². The van der Waals surface area contributed by atoms with Crippen LogP contribution in [-0.2, 0) is 21.2 Å². The molecule has 1 aromatic carbocycles. The maximum absolute atomic E-state index is 12.1. The van der Waals surface area contributed by atoms with Crippen molar-refractivity contribution in [2.45, 2.75) is 6.42 Å². The van der Waals surface area contributed by atoms with Crippen molar-refractivity contribution in [1.82, 2.24) is 9.21 Å². The number of nitrogens with zero attached hydrogens (tertiary/aromatic N) is 2. The minimum atomic E-state index is -3.18. The lowest BCUT2D eigenvalue weighted by Crippen LogP contribution is -2.49. The molecule has 2 rings (SSSR count). The average molecular weight is 342 g/mol. The van der Waals surface area contributed by atoms with Gasteiger partial charge in [0.05, 0.1) is 19.5 Å². The summed E-state index contributed by atoms with van der Waals surface area (Å²) >= 11 is 0. The first kappa shape index (κ1) is 18.2. The van der Waals surface area contributed by atoms with E-state index in [0.717, 1.165) is 31.8 Å². The number of piperazine rings is 1. The number of benzene rings is 1. The van der Waals surface area contributed by atoms with Crippen LogP contribution in [0.3, 0.4) is 0 Å². The van der Waals surface area contributed by atoms with Gasteiger partial charge in [-0.3, -0.25) is 0 Å². The van der Waals surface area contributed by atoms with Gasteiger partial charge in [0.25, 0.3) is 0 Å². The highest BCUT2D eigenvalue weighted by Crippen LogP contribution is 2.14. The molecule has 0 spiro atoms. The summed E-state index contributed by atoms with van der Waals surface area (Å²) in [6.45, 7) is 3.85. The topological polar surface area (TPSA) is 59.1 Å². The first-order chi connectivity index (χ1) is 11.0. The second kappa shape index (κ2) is 8.63. The van der Waals surface area contributed by atoms with Gasteiger partial charge in [-0.25, -0.2) is 8.42 Å². The number of sulfonamides is 1. The Morgan fingerprint density at radius 2 is 1.87 bits per heavy atom. The van der Waals surface area contributed by atoms with Crippen molar-refractivity contribution in [3.8, 4) is 5.75 Å². The van der Waals surface area contributed by atoms with Crippen LogP contribution in [-0.4, -0.2) is 76.9 Å². The normalized spacial score (nSPS) is 17.3. The van der Waals surface area contributed by atoms with Crippen molar-refractivity contribution < 1.29 is 17.9 Å². The zero-order valence-corrected chi connectivity index (χ0v) is 14.7. The maximum Gasteiger partial charge on any atom is 0.216 e. The first-order valence-corrected chi connectivity index (χ1v) is 9.48. The van der Waals surface area contributed by atoms with Gasteiger partial charge in [-0.1, -0.05) is 12.1 Å². The summed E-state index contributed by atoms with van der Waals surface area (Å²) in [5.74, 6) is 0.935. The third kappa shape index (κ3) is 5.46. The fourth-order valence-electron chi connectivity index (χ4n) is 2.66. The largest absolute Gasteiger partial charge is 0.497 e. The van der Waals surface area contributed by atoms with E-state index in [0.29, 0.717) is 13.1 Å². The van der Waals surface area contributed by atoms with E-state index in [1.165, 1.54) is 12.7 Å². The summed E-state index contributed by atoms with van der Waals surface area (Å²) in [4.78, 5) is 2.31. The monoisotopic (exact) mass is 342 g/mol. The van der Waals surface area contributed by atoms with Crippen molar-refractivity contribution >= 4 is 10.0 Å². The molecule has 0 unspecified atom stereocenters. The van der Waals surface area contributed by atoms with Gasteiger partial charge in [0.2, 0.25) is 10.0 Å². The van der Waals surface area contributed by atoms with E-state index in [4.69, 9.17) is 9.47 Å². The molecule has 0 bridgehead atoms. The van der Waals surface area contributed by atoms with Gasteiger partial charge in [0, 0.05) is 39.8 Å². The molecule has 1 aliphatic heterocycles. The van der Waals surface area contributed by atoms with E-state index in [2.05, 4.69) is 11.0 Å². The van der Waals surface area contributed by atoms with Crippen LogP contribution in [0.4, 0.5) is 0 Å². The Kier molecular flexibility index (Phi) is 6.83. The second-order valence-electron chi connectivity index (χ2n) is 5.65. The van der Waals surface area contributed by atoms with Crippen LogP contribution < -0.4 is 4.74 Å². The summed E-state index contributed by atoms with van der Waals surface area (Å²) in [7, 11) is 0.00899. The second-order valence-corrected chi connectivity index (χ2v) is 7.74. The zero-order valence-electron chi connectivity index (χ0n) is 13.9. The number of ether oxygens (including phenoxy) is 2. The predicted molar refractivity (Wildman–Crippen MR) is 90.4 cm³/mol. The molecular formula is C16H26N2O4S. The van der Waals surface area contributed by atoms with Gasteiger partial charge < -0.3 is 14.4 Å². The molecule has 1 aromatic rings. The molecule has 7 heteroatoms. The third-order valence-corrected chi connectivity index (χ3v) is 5.96. The molecule has 0 amide bonds. The van der Waals surface area contributed by atoms with Crippen LogP contribution in [0, 0.1) is 0 Å². The number of hydrogen-bond donors (Lipinski definition) is 0. The Morgan fingerprint density at radius 1 is 1.13 bits per heavy atom. The van der Waals surface area contributed by atoms with Crippen molar-refractivity contribution in [2.75, 3.05) is 59.3 Å². The molecule has 0 radical (unpaired) electrons. The van der Waals surface area contributed by atoms with Gasteiger partial charge in [0.1, 0.15) is 5.75 Å². The minimum Gasteiger partial charge on any atom is -0.497 e. The SMILES string of the molecule is COCCS(=O)(=O)N1CCN(CCc2cccc(OC)c2)CC1. The Bertz CT molecular complexity index is 583. The highest BCUT2D eigenvalue weighted by molar-refractivity contribution is 7.89. The van der Waals surface area contributed by atoms with E-state index in [1.54, 1.807) is 11.4 Å². The molecule has 6 nitrogen and oxygen atoms in total. The minimum absolute atomic E-state index is 0.0628. The Morgan fingerprint density at radius 3 is 2.52 bits per heavy atom. The number of rotatable bonds is 8. The molecule has 0 aliphatic carbocycles. The number of methoxy groups -OCH3 is 2. The molecular weight excluding hydrogens is 316 g/mol. The molecule has 0 atom stereocenters. The van der Waals surface area contributed by atoms with Crippen LogP contribution in [0.2, 0.25) is 0 Å². The Balaban J connectivity index is 1.78. The van der Waals surface area contributed by atoms with Crippen LogP contribution >= 0.6 is 0 Å². The van der Waals surface area contributed by atoms with Gasteiger partial charge in [0.15, 0.2) is 0 Å². The lowest BCUT2D eigenvalue weighted by Gasteiger charge is -2.34. The summed E-state index contributed by atoms with van der Waals surface area (Å²) < 4.78 is 35.9. The maximum atomic E-state index is 12.1. The Labute approximate surface area is 139 Å². The molecule has 0 N–H and O–H groups in total. The third-order valence-electron chi connectivity index (χ3n) is 4.12. The van der Waals surface area contributed by atoms with Crippen molar-refractivity contribution in [3.63, 3.8) is 0 Å². The molecule has 0 aromatic heterocycles. The molecule has 1 heterocycles. The van der Waals surface area contributed by atoms with E-state index >= 15 is 0 Å². The van der Waals surface area contributed by atoms with Crippen LogP contribution in [0.1, 0.15) is 5.56 Å². The molecule has 0 saturated carbocycles. The quantitative estimate of drug-likeness (QED) is 0.700. The van der Waals surface area contributed by atoms with Crippen LogP contribution in [0.25, 0.3) is 0 Å². The summed E-state index contributed by atoms with van der Waals surface area (Å²) in [6.07, 6.45) is 0.938. The predicted octanol–water partition coefficient (Wildman–Crippen LogP) is 0.832. The zero-order chi connectivity index (χ0) is 16.7. The van der Waals surface area contributed by atoms with Gasteiger partial charge in [-0.15, -0.1) is 0 Å². The van der Waals surface area contributed by atoms with Gasteiger partial charge in [-0.05, 0) is 24.1 Å². The molecule has 1 fully saturated rings. The Hall–Kier alpha value is -1.15. The van der Waals surface area contributed by atoms with Crippen molar-refractivity contribution in [3.05, 3.63) is 29.8 Å². The molecule has 1 aliphatic rings. The lowest BCUT2D eigenvalue weighted by molar-refractivity contribution is 0.186. The average Bonchev–Trinajstić information content (AvgIpc) is 2.59. The fourth-order valence-corrected chi connectivity index (χ4v) is 4.02. The molecule has 130 valence electrons. The van der Waals surface area contributed by atoms with E-state index in [-0.39, 0.29) is 12.4 Å². The lowest BCUT2D eigenvalue weighted by atomic mass is 10.1. The highest BCUT2D eigenvalue weighted by Gasteiger charge is 2.26. The van der Waals surface area contributed by atoms with Gasteiger partial charge >= 0.3 is 0 Å². The highest BCUT2D eigenvalue weighted by atomic mass is 32.2. The number of hydrogen-bond acceptors (Lipinski definition) is 5.